The van der Waals surface area contributed by atoms with Crippen LogP contribution in [0.5, 0.6) is 0 Å². The summed E-state index contributed by atoms with van der Waals surface area (Å²) in [5.41, 5.74) is 2.44. The van der Waals surface area contributed by atoms with Crippen LogP contribution in [-0.2, 0) is 4.79 Å². The number of halogens is 1. The highest BCUT2D eigenvalue weighted by Crippen LogP contribution is 2.31. The van der Waals surface area contributed by atoms with E-state index in [-0.39, 0.29) is 5.91 Å². The first kappa shape index (κ1) is 17.7. The molecule has 4 nitrogen and oxygen atoms in total. The van der Waals surface area contributed by atoms with Crippen LogP contribution >= 0.6 is 23.8 Å². The van der Waals surface area contributed by atoms with Gasteiger partial charge >= 0.3 is 0 Å². The number of carbonyl (C=O) groups is 1. The van der Waals surface area contributed by atoms with Crippen LogP contribution in [0.2, 0.25) is 5.02 Å². The summed E-state index contributed by atoms with van der Waals surface area (Å²) in [5.74, 6) is 1.23. The Kier molecular flexibility index (Phi) is 4.97. The molecule has 1 saturated heterocycles. The van der Waals surface area contributed by atoms with Crippen LogP contribution in [0.15, 0.2) is 40.4 Å². The fraction of sp³-hybridized carbons (Fsp3) is 0.263. The Bertz CT molecular complexity index is 872. The fourth-order valence-electron chi connectivity index (χ4n) is 2.90. The Morgan fingerprint density at radius 1 is 1.16 bits per heavy atom. The maximum atomic E-state index is 12.6. The summed E-state index contributed by atoms with van der Waals surface area (Å²) in [6, 6.07) is 9.44. The average molecular weight is 375 g/mol. The van der Waals surface area contributed by atoms with Gasteiger partial charge in [-0.15, -0.1) is 0 Å². The number of hydrogen-bond donors (Lipinski definition) is 0. The molecule has 1 aromatic carbocycles. The molecule has 0 saturated carbocycles. The van der Waals surface area contributed by atoms with Crippen molar-refractivity contribution in [3.8, 4) is 11.3 Å². The van der Waals surface area contributed by atoms with Crippen molar-refractivity contribution in [2.24, 2.45) is 0 Å². The summed E-state index contributed by atoms with van der Waals surface area (Å²) in [4.78, 5) is 16.0. The SMILES string of the molecule is CCN1C(=O)/C(=C\c2ccc(-c3cccc(Cl)c3C)o2)N(CC)C1=S. The summed E-state index contributed by atoms with van der Waals surface area (Å²) in [6.07, 6.45) is 1.75. The van der Waals surface area contributed by atoms with Gasteiger partial charge in [-0.05, 0) is 56.8 Å². The first-order valence-electron chi connectivity index (χ1n) is 8.18. The number of rotatable bonds is 4. The van der Waals surface area contributed by atoms with Gasteiger partial charge in [0.15, 0.2) is 5.11 Å². The summed E-state index contributed by atoms with van der Waals surface area (Å²) in [7, 11) is 0. The van der Waals surface area contributed by atoms with E-state index >= 15 is 0 Å². The molecule has 3 rings (SSSR count). The van der Waals surface area contributed by atoms with Gasteiger partial charge in [0.1, 0.15) is 17.2 Å². The van der Waals surface area contributed by atoms with Crippen molar-refractivity contribution < 1.29 is 9.21 Å². The van der Waals surface area contributed by atoms with E-state index in [4.69, 9.17) is 28.2 Å². The lowest BCUT2D eigenvalue weighted by molar-refractivity contribution is -0.122. The molecule has 1 fully saturated rings. The molecule has 2 aromatic rings. The van der Waals surface area contributed by atoms with Gasteiger partial charge in [0.2, 0.25) is 0 Å². The summed E-state index contributed by atoms with van der Waals surface area (Å²) in [6.45, 7) is 7.02. The highest BCUT2D eigenvalue weighted by molar-refractivity contribution is 7.80. The minimum Gasteiger partial charge on any atom is -0.457 e. The van der Waals surface area contributed by atoms with Gasteiger partial charge in [-0.2, -0.15) is 0 Å². The second-order valence-electron chi connectivity index (χ2n) is 5.72. The Morgan fingerprint density at radius 3 is 2.56 bits per heavy atom. The molecule has 0 radical (unpaired) electrons. The lowest BCUT2D eigenvalue weighted by atomic mass is 10.1. The lowest BCUT2D eigenvalue weighted by Crippen LogP contribution is -2.32. The lowest BCUT2D eigenvalue weighted by Gasteiger charge is -2.16. The van der Waals surface area contributed by atoms with Crippen LogP contribution in [-0.4, -0.2) is 33.9 Å². The minimum atomic E-state index is -0.0914. The molecule has 0 atom stereocenters. The molecule has 2 heterocycles. The molecule has 1 aliphatic heterocycles. The number of hydrogen-bond acceptors (Lipinski definition) is 3. The van der Waals surface area contributed by atoms with Crippen LogP contribution in [0, 0.1) is 6.92 Å². The molecule has 0 bridgehead atoms. The number of carbonyl (C=O) groups excluding carboxylic acids is 1. The topological polar surface area (TPSA) is 36.7 Å². The average Bonchev–Trinajstić information content (AvgIpc) is 3.14. The monoisotopic (exact) mass is 374 g/mol. The van der Waals surface area contributed by atoms with Crippen molar-refractivity contribution in [2.45, 2.75) is 20.8 Å². The van der Waals surface area contributed by atoms with Gasteiger partial charge < -0.3 is 9.32 Å². The molecule has 1 amide bonds. The zero-order chi connectivity index (χ0) is 18.1. The number of thiocarbonyl (C=S) groups is 1. The zero-order valence-electron chi connectivity index (χ0n) is 14.4. The molecule has 0 aliphatic carbocycles. The first-order valence-corrected chi connectivity index (χ1v) is 8.96. The molecular weight excluding hydrogens is 356 g/mol. The number of benzene rings is 1. The zero-order valence-corrected chi connectivity index (χ0v) is 15.9. The van der Waals surface area contributed by atoms with Crippen molar-refractivity contribution in [1.82, 2.24) is 9.80 Å². The fourth-order valence-corrected chi connectivity index (χ4v) is 3.51. The molecule has 1 aliphatic rings. The number of nitrogens with zero attached hydrogens (tertiary/aromatic N) is 2. The van der Waals surface area contributed by atoms with Gasteiger partial charge in [0.05, 0.1) is 0 Å². The quantitative estimate of drug-likeness (QED) is 0.573. The molecule has 1 aromatic heterocycles. The minimum absolute atomic E-state index is 0.0914. The summed E-state index contributed by atoms with van der Waals surface area (Å²) >= 11 is 11.6. The summed E-state index contributed by atoms with van der Waals surface area (Å²) < 4.78 is 5.94. The van der Waals surface area contributed by atoms with Gasteiger partial charge in [-0.1, -0.05) is 23.7 Å². The van der Waals surface area contributed by atoms with Gasteiger partial charge in [0.25, 0.3) is 5.91 Å². The normalized spacial score (nSPS) is 16.4. The van der Waals surface area contributed by atoms with E-state index in [0.29, 0.717) is 34.7 Å². The van der Waals surface area contributed by atoms with Crippen molar-refractivity contribution in [1.29, 1.82) is 0 Å². The van der Waals surface area contributed by atoms with Crippen LogP contribution in [0.4, 0.5) is 0 Å². The predicted octanol–water partition coefficient (Wildman–Crippen LogP) is 4.72. The van der Waals surface area contributed by atoms with Gasteiger partial charge in [-0.3, -0.25) is 9.69 Å². The standard InChI is InChI=1S/C19H19ClN2O2S/c1-4-21-16(18(23)22(5-2)19(21)25)11-13-9-10-17(24-13)14-7-6-8-15(20)12(14)3/h6-11H,4-5H2,1-3H3/b16-11+. The number of likely N-dealkylation sites (N-methyl/N-ethyl adjacent to an activating group) is 2. The third-order valence-electron chi connectivity index (χ3n) is 4.29. The van der Waals surface area contributed by atoms with E-state index in [2.05, 4.69) is 0 Å². The highest BCUT2D eigenvalue weighted by atomic mass is 35.5. The van der Waals surface area contributed by atoms with Crippen molar-refractivity contribution >= 4 is 40.9 Å². The second-order valence-corrected chi connectivity index (χ2v) is 6.49. The van der Waals surface area contributed by atoms with Crippen LogP contribution in [0.3, 0.4) is 0 Å². The van der Waals surface area contributed by atoms with Crippen LogP contribution in [0.25, 0.3) is 17.4 Å². The van der Waals surface area contributed by atoms with E-state index in [1.54, 1.807) is 11.0 Å². The second kappa shape index (κ2) is 7.02. The van der Waals surface area contributed by atoms with E-state index in [1.807, 2.05) is 56.0 Å². The van der Waals surface area contributed by atoms with E-state index in [1.165, 1.54) is 0 Å². The van der Waals surface area contributed by atoms with Crippen LogP contribution in [0.1, 0.15) is 25.2 Å². The van der Waals surface area contributed by atoms with Crippen molar-refractivity contribution in [3.05, 3.63) is 52.4 Å². The molecule has 25 heavy (non-hydrogen) atoms. The molecular formula is C19H19ClN2O2S. The van der Waals surface area contributed by atoms with Crippen LogP contribution < -0.4 is 0 Å². The Balaban J connectivity index is 1.97. The smallest absolute Gasteiger partial charge is 0.276 e. The summed E-state index contributed by atoms with van der Waals surface area (Å²) in [5, 5.41) is 1.24. The molecule has 0 unspecified atom stereocenters. The van der Waals surface area contributed by atoms with Gasteiger partial charge in [-0.25, -0.2) is 0 Å². The molecule has 0 N–H and O–H groups in total. The molecule has 6 heteroatoms. The van der Waals surface area contributed by atoms with Crippen molar-refractivity contribution in [3.63, 3.8) is 0 Å². The van der Waals surface area contributed by atoms with E-state index in [0.717, 1.165) is 16.9 Å². The highest BCUT2D eigenvalue weighted by Gasteiger charge is 2.36. The Labute approximate surface area is 157 Å². The first-order chi connectivity index (χ1) is 12.0. The number of furan rings is 1. The third-order valence-corrected chi connectivity index (χ3v) is 5.14. The molecule has 130 valence electrons. The van der Waals surface area contributed by atoms with Gasteiger partial charge in [0, 0.05) is 29.8 Å². The van der Waals surface area contributed by atoms with E-state index < -0.39 is 0 Å². The largest absolute Gasteiger partial charge is 0.457 e. The maximum Gasteiger partial charge on any atom is 0.276 e. The number of amides is 1. The molecule has 0 spiro atoms. The third kappa shape index (κ3) is 3.10. The Hall–Kier alpha value is -2.11. The maximum absolute atomic E-state index is 12.6. The van der Waals surface area contributed by atoms with Crippen molar-refractivity contribution in [2.75, 3.05) is 13.1 Å². The van der Waals surface area contributed by atoms with E-state index in [9.17, 15) is 4.79 Å². The Morgan fingerprint density at radius 2 is 1.88 bits per heavy atom. The predicted molar refractivity (Wildman–Crippen MR) is 104 cm³/mol.